The van der Waals surface area contributed by atoms with E-state index in [2.05, 4.69) is 14.9 Å². The van der Waals surface area contributed by atoms with Gasteiger partial charge in [-0.2, -0.15) is 0 Å². The molecule has 1 aliphatic rings. The number of H-pyrrole nitrogens is 1. The van der Waals surface area contributed by atoms with Gasteiger partial charge in [-0.15, -0.1) is 11.3 Å². The monoisotopic (exact) mass is 321 g/mol. The molecule has 0 spiro atoms. The Labute approximate surface area is 134 Å². The summed E-state index contributed by atoms with van der Waals surface area (Å²) in [6, 6.07) is 0.154. The number of aliphatic hydroxyl groups is 1. The van der Waals surface area contributed by atoms with Gasteiger partial charge in [0.1, 0.15) is 10.7 Å². The summed E-state index contributed by atoms with van der Waals surface area (Å²) in [5, 5.41) is 10.7. The molecule has 0 amide bonds. The number of nitrogens with zero attached hydrogens (tertiary/aromatic N) is 2. The molecule has 3 heterocycles. The van der Waals surface area contributed by atoms with Gasteiger partial charge in [-0.3, -0.25) is 9.69 Å². The summed E-state index contributed by atoms with van der Waals surface area (Å²) in [6.07, 6.45) is 2.93. The Hall–Kier alpha value is -1.24. The summed E-state index contributed by atoms with van der Waals surface area (Å²) in [6.45, 7) is 7.37. The fourth-order valence-corrected chi connectivity index (χ4v) is 4.37. The Balaban J connectivity index is 1.92. The molecule has 2 aromatic rings. The van der Waals surface area contributed by atoms with Gasteiger partial charge in [0.2, 0.25) is 0 Å². The van der Waals surface area contributed by atoms with Crippen molar-refractivity contribution in [3.05, 3.63) is 26.6 Å². The van der Waals surface area contributed by atoms with Crippen LogP contribution in [0.2, 0.25) is 0 Å². The molecule has 2 aromatic heterocycles. The molecule has 0 aromatic carbocycles. The van der Waals surface area contributed by atoms with Gasteiger partial charge >= 0.3 is 0 Å². The van der Waals surface area contributed by atoms with Gasteiger partial charge in [0, 0.05) is 10.9 Å². The van der Waals surface area contributed by atoms with Gasteiger partial charge in [-0.25, -0.2) is 4.98 Å². The van der Waals surface area contributed by atoms with E-state index in [4.69, 9.17) is 0 Å². The number of aryl methyl sites for hydroxylation is 2. The number of aromatic nitrogens is 2. The average molecular weight is 321 g/mol. The second-order valence-corrected chi connectivity index (χ2v) is 7.45. The second-order valence-electron chi connectivity index (χ2n) is 6.25. The first-order chi connectivity index (χ1) is 10.5. The molecule has 0 saturated carbocycles. The van der Waals surface area contributed by atoms with Crippen LogP contribution in [-0.2, 0) is 6.54 Å². The summed E-state index contributed by atoms with van der Waals surface area (Å²) >= 11 is 1.58. The van der Waals surface area contributed by atoms with Gasteiger partial charge in [-0.1, -0.05) is 6.42 Å². The highest BCUT2D eigenvalue weighted by Crippen LogP contribution is 2.26. The van der Waals surface area contributed by atoms with Crippen LogP contribution in [0.25, 0.3) is 10.2 Å². The molecule has 6 heteroatoms. The summed E-state index contributed by atoms with van der Waals surface area (Å²) in [7, 11) is 0. The van der Waals surface area contributed by atoms with E-state index in [0.717, 1.165) is 46.5 Å². The third-order valence-corrected chi connectivity index (χ3v) is 5.76. The van der Waals surface area contributed by atoms with Crippen molar-refractivity contribution in [3.63, 3.8) is 0 Å². The third kappa shape index (κ3) is 2.83. The Morgan fingerprint density at radius 1 is 1.45 bits per heavy atom. The maximum atomic E-state index is 12.3. The van der Waals surface area contributed by atoms with E-state index in [9.17, 15) is 9.90 Å². The van der Waals surface area contributed by atoms with Crippen molar-refractivity contribution >= 4 is 21.6 Å². The highest BCUT2D eigenvalue weighted by molar-refractivity contribution is 7.18. The minimum atomic E-state index is -0.359. The number of rotatable bonds is 3. The number of nitrogens with one attached hydrogen (secondary N) is 1. The normalized spacial score (nSPS) is 21.4. The van der Waals surface area contributed by atoms with Crippen LogP contribution in [0.15, 0.2) is 4.79 Å². The molecule has 22 heavy (non-hydrogen) atoms. The molecule has 1 aliphatic heterocycles. The molecular weight excluding hydrogens is 298 g/mol. The number of fused-ring (bicyclic) bond motifs is 1. The topological polar surface area (TPSA) is 69.2 Å². The predicted molar refractivity (Wildman–Crippen MR) is 89.4 cm³/mol. The summed E-state index contributed by atoms with van der Waals surface area (Å²) in [5.41, 5.74) is 0.979. The van der Waals surface area contributed by atoms with Gasteiger partial charge in [-0.05, 0) is 45.7 Å². The smallest absolute Gasteiger partial charge is 0.259 e. The zero-order chi connectivity index (χ0) is 15.9. The van der Waals surface area contributed by atoms with Crippen LogP contribution in [0.1, 0.15) is 42.5 Å². The Kier molecular flexibility index (Phi) is 4.34. The molecule has 3 rings (SSSR count). The lowest BCUT2D eigenvalue weighted by Crippen LogP contribution is -2.45. The molecule has 0 aliphatic carbocycles. The van der Waals surface area contributed by atoms with Crippen LogP contribution in [-0.4, -0.2) is 38.7 Å². The van der Waals surface area contributed by atoms with E-state index in [0.29, 0.717) is 12.4 Å². The average Bonchev–Trinajstić information content (AvgIpc) is 2.74. The molecule has 0 radical (unpaired) electrons. The standard InChI is InChI=1S/C16H23N3O2S/c1-9-11(3)22-16-14(9)15(21)17-13(18-16)8-19-7-5-4-6-12(19)10(2)20/h10,12,20H,4-8H2,1-3H3,(H,17,18,21). The van der Waals surface area contributed by atoms with E-state index in [1.54, 1.807) is 11.3 Å². The summed E-state index contributed by atoms with van der Waals surface area (Å²) < 4.78 is 0. The number of aliphatic hydroxyl groups excluding tert-OH is 1. The molecule has 120 valence electrons. The van der Waals surface area contributed by atoms with Gasteiger partial charge in [0.15, 0.2) is 0 Å². The van der Waals surface area contributed by atoms with Gasteiger partial charge in [0.05, 0.1) is 18.0 Å². The number of likely N-dealkylation sites (tertiary alicyclic amines) is 1. The van der Waals surface area contributed by atoms with Crippen LogP contribution in [0, 0.1) is 13.8 Å². The lowest BCUT2D eigenvalue weighted by atomic mass is 9.98. The molecule has 2 N–H and O–H groups in total. The van der Waals surface area contributed by atoms with Crippen LogP contribution >= 0.6 is 11.3 Å². The van der Waals surface area contributed by atoms with Crippen LogP contribution in [0.3, 0.4) is 0 Å². The Bertz CT molecular complexity index is 735. The first-order valence-corrected chi connectivity index (χ1v) is 8.70. The maximum absolute atomic E-state index is 12.3. The van der Waals surface area contributed by atoms with Crippen molar-refractivity contribution in [1.29, 1.82) is 0 Å². The fourth-order valence-electron chi connectivity index (χ4n) is 3.33. The van der Waals surface area contributed by atoms with E-state index >= 15 is 0 Å². The minimum Gasteiger partial charge on any atom is -0.392 e. The number of thiophene rings is 1. The molecule has 1 saturated heterocycles. The Morgan fingerprint density at radius 2 is 2.23 bits per heavy atom. The van der Waals surface area contributed by atoms with Crippen molar-refractivity contribution in [2.24, 2.45) is 0 Å². The van der Waals surface area contributed by atoms with Crippen molar-refractivity contribution in [1.82, 2.24) is 14.9 Å². The van der Waals surface area contributed by atoms with Crippen LogP contribution < -0.4 is 5.56 Å². The minimum absolute atomic E-state index is 0.0487. The van der Waals surface area contributed by atoms with Crippen molar-refractivity contribution in [3.8, 4) is 0 Å². The van der Waals surface area contributed by atoms with Gasteiger partial charge in [0.25, 0.3) is 5.56 Å². The third-order valence-electron chi connectivity index (χ3n) is 4.66. The number of hydrogen-bond acceptors (Lipinski definition) is 5. The first kappa shape index (κ1) is 15.6. The summed E-state index contributed by atoms with van der Waals surface area (Å²) in [5.74, 6) is 0.700. The van der Waals surface area contributed by atoms with Gasteiger partial charge < -0.3 is 10.1 Å². The zero-order valence-corrected chi connectivity index (χ0v) is 14.2. The lowest BCUT2D eigenvalue weighted by Gasteiger charge is -2.36. The zero-order valence-electron chi connectivity index (χ0n) is 13.3. The van der Waals surface area contributed by atoms with Crippen LogP contribution in [0.4, 0.5) is 0 Å². The predicted octanol–water partition coefficient (Wildman–Crippen LogP) is 2.34. The number of aromatic amines is 1. The van der Waals surface area contributed by atoms with E-state index in [1.165, 1.54) is 0 Å². The molecule has 0 bridgehead atoms. The van der Waals surface area contributed by atoms with Crippen molar-refractivity contribution in [2.45, 2.75) is 58.7 Å². The van der Waals surface area contributed by atoms with Crippen molar-refractivity contribution in [2.75, 3.05) is 6.54 Å². The fraction of sp³-hybridized carbons (Fsp3) is 0.625. The van der Waals surface area contributed by atoms with E-state index < -0.39 is 0 Å². The molecule has 2 atom stereocenters. The van der Waals surface area contributed by atoms with E-state index in [1.807, 2.05) is 20.8 Å². The molecule has 2 unspecified atom stereocenters. The summed E-state index contributed by atoms with van der Waals surface area (Å²) in [4.78, 5) is 24.1. The highest BCUT2D eigenvalue weighted by Gasteiger charge is 2.27. The SMILES string of the molecule is Cc1sc2nc(CN3CCCCC3C(C)O)[nH]c(=O)c2c1C. The quantitative estimate of drug-likeness (QED) is 0.910. The number of hydrogen-bond donors (Lipinski definition) is 2. The largest absolute Gasteiger partial charge is 0.392 e. The molecule has 5 nitrogen and oxygen atoms in total. The molecular formula is C16H23N3O2S. The van der Waals surface area contributed by atoms with Crippen LogP contribution in [0.5, 0.6) is 0 Å². The lowest BCUT2D eigenvalue weighted by molar-refractivity contribution is 0.0302. The highest BCUT2D eigenvalue weighted by atomic mass is 32.1. The maximum Gasteiger partial charge on any atom is 0.259 e. The Morgan fingerprint density at radius 3 is 2.95 bits per heavy atom. The van der Waals surface area contributed by atoms with Crippen molar-refractivity contribution < 1.29 is 5.11 Å². The number of piperidine rings is 1. The molecule has 1 fully saturated rings. The second kappa shape index (κ2) is 6.10. The first-order valence-electron chi connectivity index (χ1n) is 7.88. The van der Waals surface area contributed by atoms with E-state index in [-0.39, 0.29) is 17.7 Å².